The molecule has 12 heavy (non-hydrogen) atoms. The molecular formula is C9H10N2O. The van der Waals surface area contributed by atoms with E-state index in [-0.39, 0.29) is 11.9 Å². The maximum atomic E-state index is 11.2. The van der Waals surface area contributed by atoms with E-state index in [1.165, 1.54) is 0 Å². The summed E-state index contributed by atoms with van der Waals surface area (Å²) in [5.74, 6) is -0.00231. The van der Waals surface area contributed by atoms with E-state index in [0.717, 1.165) is 11.1 Å². The van der Waals surface area contributed by atoms with E-state index in [2.05, 4.69) is 5.32 Å². The second-order valence-electron chi connectivity index (χ2n) is 3.04. The second kappa shape index (κ2) is 2.24. The first kappa shape index (κ1) is 7.16. The monoisotopic (exact) mass is 162 g/mol. The Hall–Kier alpha value is -1.51. The third kappa shape index (κ3) is 0.863. The number of nitrogen functional groups attached to an aromatic ring is 1. The molecule has 0 saturated carbocycles. The molecule has 0 radical (unpaired) electrons. The van der Waals surface area contributed by atoms with Gasteiger partial charge >= 0.3 is 0 Å². The molecule has 3 N–H and O–H groups in total. The quantitative estimate of drug-likeness (QED) is 0.561. The number of hydrogen-bond donors (Lipinski definition) is 2. The van der Waals surface area contributed by atoms with Crippen molar-refractivity contribution in [1.82, 2.24) is 5.32 Å². The van der Waals surface area contributed by atoms with Crippen LogP contribution in [0.2, 0.25) is 0 Å². The average molecular weight is 162 g/mol. The summed E-state index contributed by atoms with van der Waals surface area (Å²) in [4.78, 5) is 11.2. The first-order chi connectivity index (χ1) is 5.68. The van der Waals surface area contributed by atoms with Gasteiger partial charge in [0.15, 0.2) is 0 Å². The molecule has 1 heterocycles. The topological polar surface area (TPSA) is 55.1 Å². The van der Waals surface area contributed by atoms with Crippen molar-refractivity contribution in [3.63, 3.8) is 0 Å². The maximum Gasteiger partial charge on any atom is 0.252 e. The molecule has 0 spiro atoms. The van der Waals surface area contributed by atoms with Crippen molar-refractivity contribution in [2.24, 2.45) is 0 Å². The fourth-order valence-corrected chi connectivity index (χ4v) is 1.50. The number of nitrogens with two attached hydrogens (primary N) is 1. The van der Waals surface area contributed by atoms with E-state index < -0.39 is 0 Å². The highest BCUT2D eigenvalue weighted by Gasteiger charge is 2.24. The largest absolute Gasteiger partial charge is 0.399 e. The molecule has 2 rings (SSSR count). The second-order valence-corrected chi connectivity index (χ2v) is 3.04. The number of anilines is 1. The van der Waals surface area contributed by atoms with Gasteiger partial charge in [-0.05, 0) is 30.7 Å². The molecule has 3 heteroatoms. The van der Waals surface area contributed by atoms with Gasteiger partial charge < -0.3 is 11.1 Å². The van der Waals surface area contributed by atoms with Gasteiger partial charge in [0.05, 0.1) is 6.04 Å². The third-order valence-electron chi connectivity index (χ3n) is 2.13. The Morgan fingerprint density at radius 1 is 1.50 bits per heavy atom. The van der Waals surface area contributed by atoms with Crippen LogP contribution < -0.4 is 11.1 Å². The molecule has 1 aromatic carbocycles. The van der Waals surface area contributed by atoms with Crippen molar-refractivity contribution in [1.29, 1.82) is 0 Å². The summed E-state index contributed by atoms with van der Waals surface area (Å²) in [6.07, 6.45) is 0. The molecule has 3 nitrogen and oxygen atoms in total. The summed E-state index contributed by atoms with van der Waals surface area (Å²) in [5, 5.41) is 2.81. The molecule has 1 unspecified atom stereocenters. The zero-order chi connectivity index (χ0) is 8.72. The van der Waals surface area contributed by atoms with Gasteiger partial charge in [0.25, 0.3) is 5.91 Å². The number of rotatable bonds is 0. The van der Waals surface area contributed by atoms with Crippen LogP contribution >= 0.6 is 0 Å². The molecule has 1 aliphatic heterocycles. The standard InChI is InChI=1S/C9H10N2O/c1-5-8-4-6(10)2-3-7(8)9(12)11-5/h2-5H,10H2,1H3,(H,11,12). The summed E-state index contributed by atoms with van der Waals surface area (Å²) in [7, 11) is 0. The summed E-state index contributed by atoms with van der Waals surface area (Å²) >= 11 is 0. The van der Waals surface area contributed by atoms with Gasteiger partial charge in [-0.25, -0.2) is 0 Å². The minimum atomic E-state index is -0.00231. The van der Waals surface area contributed by atoms with E-state index in [9.17, 15) is 4.79 Å². The summed E-state index contributed by atoms with van der Waals surface area (Å²) < 4.78 is 0. The lowest BCUT2D eigenvalue weighted by Crippen LogP contribution is -2.16. The fourth-order valence-electron chi connectivity index (χ4n) is 1.50. The number of fused-ring (bicyclic) bond motifs is 1. The van der Waals surface area contributed by atoms with Gasteiger partial charge in [0, 0.05) is 11.3 Å². The molecule has 0 aliphatic carbocycles. The highest BCUT2D eigenvalue weighted by atomic mass is 16.2. The van der Waals surface area contributed by atoms with E-state index >= 15 is 0 Å². The minimum Gasteiger partial charge on any atom is -0.399 e. The van der Waals surface area contributed by atoms with Crippen LogP contribution in [0.4, 0.5) is 5.69 Å². The minimum absolute atomic E-state index is 0.00231. The van der Waals surface area contributed by atoms with E-state index in [0.29, 0.717) is 5.69 Å². The lowest BCUT2D eigenvalue weighted by atomic mass is 10.1. The zero-order valence-electron chi connectivity index (χ0n) is 6.79. The molecule has 1 atom stereocenters. The molecule has 0 bridgehead atoms. The molecule has 1 aromatic rings. The Balaban J connectivity index is 2.60. The Labute approximate surface area is 70.6 Å². The number of benzene rings is 1. The van der Waals surface area contributed by atoms with Gasteiger partial charge in [-0.3, -0.25) is 4.79 Å². The van der Waals surface area contributed by atoms with Gasteiger partial charge in [0.1, 0.15) is 0 Å². The average Bonchev–Trinajstić information content (AvgIpc) is 2.28. The first-order valence-corrected chi connectivity index (χ1v) is 3.89. The molecular weight excluding hydrogens is 152 g/mol. The summed E-state index contributed by atoms with van der Waals surface area (Å²) in [6, 6.07) is 5.45. The normalized spacial score (nSPS) is 20.4. The van der Waals surface area contributed by atoms with Crippen LogP contribution in [0.15, 0.2) is 18.2 Å². The van der Waals surface area contributed by atoms with Gasteiger partial charge in [-0.2, -0.15) is 0 Å². The number of nitrogens with one attached hydrogen (secondary N) is 1. The number of carbonyl (C=O) groups excluding carboxylic acids is 1. The van der Waals surface area contributed by atoms with E-state index in [4.69, 9.17) is 5.73 Å². The SMILES string of the molecule is CC1NC(=O)c2ccc(N)cc21. The Bertz CT molecular complexity index is 346. The number of carbonyl (C=O) groups is 1. The van der Waals surface area contributed by atoms with Crippen molar-refractivity contribution in [2.45, 2.75) is 13.0 Å². The van der Waals surface area contributed by atoms with Crippen LogP contribution in [0.3, 0.4) is 0 Å². The highest BCUT2D eigenvalue weighted by molar-refractivity contribution is 5.99. The van der Waals surface area contributed by atoms with Crippen molar-refractivity contribution >= 4 is 11.6 Å². The molecule has 1 aliphatic rings. The number of amides is 1. The fraction of sp³-hybridized carbons (Fsp3) is 0.222. The van der Waals surface area contributed by atoms with Crippen molar-refractivity contribution in [2.75, 3.05) is 5.73 Å². The first-order valence-electron chi connectivity index (χ1n) is 3.89. The predicted octanol–water partition coefficient (Wildman–Crippen LogP) is 1.07. The van der Waals surface area contributed by atoms with Crippen LogP contribution in [-0.2, 0) is 0 Å². The lowest BCUT2D eigenvalue weighted by molar-refractivity contribution is 0.0958. The number of hydrogen-bond acceptors (Lipinski definition) is 2. The van der Waals surface area contributed by atoms with Crippen LogP contribution in [-0.4, -0.2) is 5.91 Å². The Morgan fingerprint density at radius 2 is 2.25 bits per heavy atom. The van der Waals surface area contributed by atoms with Crippen LogP contribution in [0.25, 0.3) is 0 Å². The predicted molar refractivity (Wildman–Crippen MR) is 46.7 cm³/mol. The van der Waals surface area contributed by atoms with E-state index in [1.54, 1.807) is 12.1 Å². The van der Waals surface area contributed by atoms with Crippen molar-refractivity contribution in [3.8, 4) is 0 Å². The molecule has 0 aromatic heterocycles. The van der Waals surface area contributed by atoms with Gasteiger partial charge in [0.2, 0.25) is 0 Å². The van der Waals surface area contributed by atoms with E-state index in [1.807, 2.05) is 13.0 Å². The van der Waals surface area contributed by atoms with Crippen LogP contribution in [0.1, 0.15) is 28.9 Å². The van der Waals surface area contributed by atoms with Gasteiger partial charge in [-0.1, -0.05) is 0 Å². The maximum absolute atomic E-state index is 11.2. The van der Waals surface area contributed by atoms with Crippen LogP contribution in [0, 0.1) is 0 Å². The zero-order valence-corrected chi connectivity index (χ0v) is 6.79. The van der Waals surface area contributed by atoms with Gasteiger partial charge in [-0.15, -0.1) is 0 Å². The lowest BCUT2D eigenvalue weighted by Gasteiger charge is -2.02. The molecule has 0 fully saturated rings. The Kier molecular flexibility index (Phi) is 1.33. The van der Waals surface area contributed by atoms with Crippen molar-refractivity contribution in [3.05, 3.63) is 29.3 Å². The van der Waals surface area contributed by atoms with Crippen molar-refractivity contribution < 1.29 is 4.79 Å². The summed E-state index contributed by atoms with van der Waals surface area (Å²) in [5.41, 5.74) is 8.05. The Morgan fingerprint density at radius 3 is 3.00 bits per heavy atom. The summed E-state index contributed by atoms with van der Waals surface area (Å²) in [6.45, 7) is 1.95. The third-order valence-corrected chi connectivity index (χ3v) is 2.13. The molecule has 62 valence electrons. The molecule has 0 saturated heterocycles. The van der Waals surface area contributed by atoms with Crippen LogP contribution in [0.5, 0.6) is 0 Å². The smallest absolute Gasteiger partial charge is 0.252 e. The molecule has 1 amide bonds. The highest BCUT2D eigenvalue weighted by Crippen LogP contribution is 2.26.